The molecule has 0 unspecified atom stereocenters. The lowest BCUT2D eigenvalue weighted by molar-refractivity contribution is 0.0719. The van der Waals surface area contributed by atoms with E-state index >= 15 is 0 Å². The van der Waals surface area contributed by atoms with Crippen LogP contribution in [0.5, 0.6) is 0 Å². The predicted molar refractivity (Wildman–Crippen MR) is 106 cm³/mol. The van der Waals surface area contributed by atoms with Crippen LogP contribution in [0.3, 0.4) is 0 Å². The number of benzene rings is 2. The molecule has 2 aromatic carbocycles. The van der Waals surface area contributed by atoms with Gasteiger partial charge < -0.3 is 10.2 Å². The van der Waals surface area contributed by atoms with Crippen LogP contribution in [0.1, 0.15) is 35.3 Å². The van der Waals surface area contributed by atoms with Crippen molar-refractivity contribution in [3.05, 3.63) is 65.6 Å². The fraction of sp³-hybridized carbons (Fsp3) is 0.273. The van der Waals surface area contributed by atoms with Gasteiger partial charge in [-0.05, 0) is 56.0 Å². The lowest BCUT2D eigenvalue weighted by Gasteiger charge is -2.26. The maximum atomic E-state index is 13.9. The maximum absolute atomic E-state index is 13.9. The summed E-state index contributed by atoms with van der Waals surface area (Å²) in [6.45, 7) is 3.29. The number of nitrogens with one attached hydrogen (secondary N) is 1. The first-order valence-corrected chi connectivity index (χ1v) is 9.34. The highest BCUT2D eigenvalue weighted by Crippen LogP contribution is 2.28. The average Bonchev–Trinajstić information content (AvgIpc) is 2.71. The van der Waals surface area contributed by atoms with Crippen LogP contribution in [0, 0.1) is 12.7 Å². The number of amides is 1. The zero-order chi connectivity index (χ0) is 18.8. The van der Waals surface area contributed by atoms with E-state index in [2.05, 4.69) is 10.3 Å². The minimum atomic E-state index is -0.261. The van der Waals surface area contributed by atoms with Crippen molar-refractivity contribution < 1.29 is 9.18 Å². The van der Waals surface area contributed by atoms with Crippen LogP contribution in [0.4, 0.5) is 15.8 Å². The summed E-state index contributed by atoms with van der Waals surface area (Å²) < 4.78 is 13.9. The van der Waals surface area contributed by atoms with Crippen LogP contribution in [0.25, 0.3) is 10.9 Å². The van der Waals surface area contributed by atoms with Crippen molar-refractivity contribution in [1.29, 1.82) is 0 Å². The zero-order valence-electron chi connectivity index (χ0n) is 15.3. The van der Waals surface area contributed by atoms with Crippen LogP contribution < -0.4 is 5.32 Å². The van der Waals surface area contributed by atoms with E-state index in [1.54, 1.807) is 19.1 Å². The second-order valence-electron chi connectivity index (χ2n) is 7.01. The monoisotopic (exact) mass is 363 g/mol. The number of piperidine rings is 1. The van der Waals surface area contributed by atoms with E-state index in [1.807, 2.05) is 35.2 Å². The number of halogens is 1. The van der Waals surface area contributed by atoms with E-state index in [1.165, 1.54) is 12.5 Å². The van der Waals surface area contributed by atoms with E-state index in [0.29, 0.717) is 16.9 Å². The number of fused-ring (bicyclic) bond motifs is 1. The van der Waals surface area contributed by atoms with Crippen molar-refractivity contribution in [3.8, 4) is 0 Å². The highest BCUT2D eigenvalue weighted by molar-refractivity contribution is 6.00. The minimum absolute atomic E-state index is 0.0430. The van der Waals surface area contributed by atoms with E-state index in [-0.39, 0.29) is 11.7 Å². The molecule has 138 valence electrons. The number of rotatable bonds is 3. The number of aromatic nitrogens is 1. The van der Waals surface area contributed by atoms with Gasteiger partial charge in [0.25, 0.3) is 5.91 Å². The van der Waals surface area contributed by atoms with E-state index in [9.17, 15) is 9.18 Å². The Hall–Kier alpha value is -2.95. The van der Waals surface area contributed by atoms with Crippen molar-refractivity contribution in [2.24, 2.45) is 0 Å². The molecule has 0 radical (unpaired) electrons. The summed E-state index contributed by atoms with van der Waals surface area (Å²) in [5.74, 6) is -0.304. The molecular formula is C22H22FN3O. The molecule has 5 heteroatoms. The Morgan fingerprint density at radius 2 is 1.85 bits per heavy atom. The number of likely N-dealkylation sites (tertiary alicyclic amines) is 1. The Morgan fingerprint density at radius 3 is 2.63 bits per heavy atom. The fourth-order valence-electron chi connectivity index (χ4n) is 3.47. The molecule has 2 heterocycles. The molecule has 27 heavy (non-hydrogen) atoms. The quantitative estimate of drug-likeness (QED) is 0.708. The van der Waals surface area contributed by atoms with Gasteiger partial charge >= 0.3 is 0 Å². The van der Waals surface area contributed by atoms with Gasteiger partial charge in [0.05, 0.1) is 11.2 Å². The molecule has 0 atom stereocenters. The summed E-state index contributed by atoms with van der Waals surface area (Å²) in [7, 11) is 0. The second kappa shape index (κ2) is 7.35. The van der Waals surface area contributed by atoms with Gasteiger partial charge in [-0.1, -0.05) is 24.3 Å². The first kappa shape index (κ1) is 17.5. The number of carbonyl (C=O) groups excluding carboxylic acids is 1. The van der Waals surface area contributed by atoms with Crippen LogP contribution in [-0.4, -0.2) is 28.9 Å². The summed E-state index contributed by atoms with van der Waals surface area (Å²) in [6.07, 6.45) is 3.24. The standard InChI is InChI=1S/C22H22FN3O/c1-15-9-10-16(13-18(15)23)24-20-14-21(22(27)26-11-5-2-6-12-26)25-19-8-4-3-7-17(19)20/h3-4,7-10,13-14H,2,5-6,11-12H2,1H3,(H,24,25). The zero-order valence-corrected chi connectivity index (χ0v) is 15.3. The van der Waals surface area contributed by atoms with Gasteiger partial charge in [0.2, 0.25) is 0 Å². The summed E-state index contributed by atoms with van der Waals surface area (Å²) in [6, 6.07) is 14.5. The number of nitrogens with zero attached hydrogens (tertiary/aromatic N) is 2. The maximum Gasteiger partial charge on any atom is 0.272 e. The van der Waals surface area contributed by atoms with Gasteiger partial charge in [0.1, 0.15) is 11.5 Å². The predicted octanol–water partition coefficient (Wildman–Crippen LogP) is 5.05. The number of anilines is 2. The summed E-state index contributed by atoms with van der Waals surface area (Å²) in [5, 5.41) is 4.16. The minimum Gasteiger partial charge on any atom is -0.355 e. The molecule has 0 bridgehead atoms. The van der Waals surface area contributed by atoms with Gasteiger partial charge in [-0.3, -0.25) is 4.79 Å². The Bertz CT molecular complexity index is 996. The van der Waals surface area contributed by atoms with Crippen LogP contribution in [0.15, 0.2) is 48.5 Å². The molecule has 1 aliphatic rings. The molecule has 0 saturated carbocycles. The second-order valence-corrected chi connectivity index (χ2v) is 7.01. The average molecular weight is 363 g/mol. The number of carbonyl (C=O) groups is 1. The molecule has 3 aromatic rings. The first-order valence-electron chi connectivity index (χ1n) is 9.34. The number of hydrogen-bond acceptors (Lipinski definition) is 3. The van der Waals surface area contributed by atoms with Gasteiger partial charge in [-0.2, -0.15) is 0 Å². The molecule has 1 amide bonds. The van der Waals surface area contributed by atoms with Crippen LogP contribution in [-0.2, 0) is 0 Å². The number of pyridine rings is 1. The first-order chi connectivity index (χ1) is 13.1. The molecule has 1 aromatic heterocycles. The fourth-order valence-corrected chi connectivity index (χ4v) is 3.47. The molecule has 1 N–H and O–H groups in total. The Kier molecular flexibility index (Phi) is 4.75. The molecule has 1 saturated heterocycles. The molecule has 0 aliphatic carbocycles. The topological polar surface area (TPSA) is 45.2 Å². The Labute approximate surface area is 158 Å². The molecule has 4 nitrogen and oxygen atoms in total. The van der Waals surface area contributed by atoms with E-state index in [0.717, 1.165) is 42.5 Å². The highest BCUT2D eigenvalue weighted by Gasteiger charge is 2.20. The normalized spacial score (nSPS) is 14.4. The van der Waals surface area contributed by atoms with Gasteiger partial charge in [-0.15, -0.1) is 0 Å². The smallest absolute Gasteiger partial charge is 0.272 e. The van der Waals surface area contributed by atoms with Crippen molar-refractivity contribution in [2.45, 2.75) is 26.2 Å². The van der Waals surface area contributed by atoms with Crippen molar-refractivity contribution in [2.75, 3.05) is 18.4 Å². The lowest BCUT2D eigenvalue weighted by Crippen LogP contribution is -2.36. The Balaban J connectivity index is 1.74. The van der Waals surface area contributed by atoms with Crippen LogP contribution in [0.2, 0.25) is 0 Å². The highest BCUT2D eigenvalue weighted by atomic mass is 19.1. The molecule has 1 aliphatic heterocycles. The lowest BCUT2D eigenvalue weighted by atomic mass is 10.1. The molecule has 1 fully saturated rings. The van der Waals surface area contributed by atoms with Gasteiger partial charge in [-0.25, -0.2) is 9.37 Å². The summed E-state index contributed by atoms with van der Waals surface area (Å²) in [5.41, 5.74) is 3.16. The number of hydrogen-bond donors (Lipinski definition) is 1. The molecule has 4 rings (SSSR count). The van der Waals surface area contributed by atoms with E-state index < -0.39 is 0 Å². The van der Waals surface area contributed by atoms with Crippen LogP contribution >= 0.6 is 0 Å². The van der Waals surface area contributed by atoms with E-state index in [4.69, 9.17) is 0 Å². The molecule has 0 spiro atoms. The number of aryl methyl sites for hydroxylation is 1. The van der Waals surface area contributed by atoms with Crippen molar-refractivity contribution in [1.82, 2.24) is 9.88 Å². The third-order valence-corrected chi connectivity index (χ3v) is 5.03. The van der Waals surface area contributed by atoms with Crippen molar-refractivity contribution >= 4 is 28.2 Å². The largest absolute Gasteiger partial charge is 0.355 e. The summed E-state index contributed by atoms with van der Waals surface area (Å²) in [4.78, 5) is 19.4. The summed E-state index contributed by atoms with van der Waals surface area (Å²) >= 11 is 0. The third-order valence-electron chi connectivity index (χ3n) is 5.03. The Morgan fingerprint density at radius 1 is 1.07 bits per heavy atom. The molecular weight excluding hydrogens is 341 g/mol. The SMILES string of the molecule is Cc1ccc(Nc2cc(C(=O)N3CCCCC3)nc3ccccc23)cc1F. The number of para-hydroxylation sites is 1. The van der Waals surface area contributed by atoms with Crippen molar-refractivity contribution in [3.63, 3.8) is 0 Å². The third kappa shape index (κ3) is 3.63. The van der Waals surface area contributed by atoms with Gasteiger partial charge in [0.15, 0.2) is 0 Å². The van der Waals surface area contributed by atoms with Gasteiger partial charge in [0, 0.05) is 24.2 Å².